The minimum absolute atomic E-state index is 0.148. The monoisotopic (exact) mass is 367 g/mol. The topological polar surface area (TPSA) is 38.1 Å². The van der Waals surface area contributed by atoms with Gasteiger partial charge in [0.05, 0.1) is 5.75 Å². The Bertz CT molecular complexity index is 593. The van der Waals surface area contributed by atoms with Crippen LogP contribution >= 0.6 is 27.7 Å². The van der Waals surface area contributed by atoms with Gasteiger partial charge in [0, 0.05) is 35.6 Å². The zero-order valence-electron chi connectivity index (χ0n) is 12.1. The zero-order chi connectivity index (χ0) is 15.2. The van der Waals surface area contributed by atoms with E-state index in [0.29, 0.717) is 5.75 Å². The Morgan fingerprint density at radius 3 is 2.57 bits per heavy atom. The van der Waals surface area contributed by atoms with Crippen molar-refractivity contribution in [3.8, 4) is 5.69 Å². The van der Waals surface area contributed by atoms with Gasteiger partial charge < -0.3 is 4.90 Å². The number of imidazole rings is 1. The number of halogens is 1. The molecule has 0 saturated carbocycles. The summed E-state index contributed by atoms with van der Waals surface area (Å²) < 4.78 is 3.03. The van der Waals surface area contributed by atoms with Crippen LogP contribution in [0.1, 0.15) is 13.8 Å². The minimum Gasteiger partial charge on any atom is -0.343 e. The first kappa shape index (κ1) is 16.1. The summed E-state index contributed by atoms with van der Waals surface area (Å²) in [6.45, 7) is 5.48. The van der Waals surface area contributed by atoms with Crippen LogP contribution in [0.5, 0.6) is 0 Å². The van der Waals surface area contributed by atoms with E-state index < -0.39 is 0 Å². The number of rotatable bonds is 6. The van der Waals surface area contributed by atoms with Crippen LogP contribution in [0.3, 0.4) is 0 Å². The first-order valence-electron chi connectivity index (χ1n) is 6.85. The maximum Gasteiger partial charge on any atom is 0.233 e. The third kappa shape index (κ3) is 4.11. The molecule has 112 valence electrons. The van der Waals surface area contributed by atoms with Crippen LogP contribution in [0.4, 0.5) is 0 Å². The highest BCUT2D eigenvalue weighted by atomic mass is 79.9. The Balaban J connectivity index is 2.07. The fourth-order valence-corrected chi connectivity index (χ4v) is 3.13. The molecule has 1 heterocycles. The molecule has 2 aromatic rings. The molecule has 0 N–H and O–H groups in total. The zero-order valence-corrected chi connectivity index (χ0v) is 14.5. The molecular formula is C15H18BrN3OS. The van der Waals surface area contributed by atoms with Gasteiger partial charge >= 0.3 is 0 Å². The number of carbonyl (C=O) groups excluding carboxylic acids is 1. The van der Waals surface area contributed by atoms with Crippen molar-refractivity contribution in [2.45, 2.75) is 19.0 Å². The van der Waals surface area contributed by atoms with Gasteiger partial charge in [-0.2, -0.15) is 0 Å². The molecule has 6 heteroatoms. The lowest BCUT2D eigenvalue weighted by atomic mass is 10.3. The summed E-state index contributed by atoms with van der Waals surface area (Å²) in [6.07, 6.45) is 3.67. The molecule has 0 unspecified atom stereocenters. The highest BCUT2D eigenvalue weighted by molar-refractivity contribution is 9.10. The van der Waals surface area contributed by atoms with E-state index in [1.807, 2.05) is 53.8 Å². The predicted molar refractivity (Wildman–Crippen MR) is 89.9 cm³/mol. The molecule has 0 spiro atoms. The SMILES string of the molecule is CCN(CC)C(=O)CSc1nccn1-c1ccc(Br)cc1. The maximum atomic E-state index is 12.1. The molecule has 4 nitrogen and oxygen atoms in total. The highest BCUT2D eigenvalue weighted by Crippen LogP contribution is 2.22. The summed E-state index contributed by atoms with van der Waals surface area (Å²) >= 11 is 4.90. The molecule has 0 aliphatic rings. The van der Waals surface area contributed by atoms with Crippen LogP contribution in [-0.2, 0) is 4.79 Å². The summed E-state index contributed by atoms with van der Waals surface area (Å²) in [4.78, 5) is 18.2. The van der Waals surface area contributed by atoms with E-state index in [-0.39, 0.29) is 5.91 Å². The molecule has 2 rings (SSSR count). The van der Waals surface area contributed by atoms with Gasteiger partial charge in [0.1, 0.15) is 0 Å². The molecular weight excluding hydrogens is 350 g/mol. The molecule has 1 amide bonds. The van der Waals surface area contributed by atoms with E-state index in [2.05, 4.69) is 20.9 Å². The third-order valence-corrected chi connectivity index (χ3v) is 4.63. The van der Waals surface area contributed by atoms with Crippen molar-refractivity contribution in [2.75, 3.05) is 18.8 Å². The summed E-state index contributed by atoms with van der Waals surface area (Å²) in [5, 5.41) is 0.831. The second-order valence-corrected chi connectivity index (χ2v) is 6.27. The average molecular weight is 368 g/mol. The molecule has 1 aromatic carbocycles. The van der Waals surface area contributed by atoms with Gasteiger partial charge in [0.15, 0.2) is 5.16 Å². The van der Waals surface area contributed by atoms with Gasteiger partial charge in [-0.15, -0.1) is 0 Å². The van der Waals surface area contributed by atoms with Gasteiger partial charge in [-0.3, -0.25) is 9.36 Å². The second kappa shape index (κ2) is 7.66. The van der Waals surface area contributed by atoms with Crippen molar-refractivity contribution >= 4 is 33.6 Å². The Hall–Kier alpha value is -1.27. The van der Waals surface area contributed by atoms with Crippen molar-refractivity contribution in [3.63, 3.8) is 0 Å². The molecule has 0 bridgehead atoms. The van der Waals surface area contributed by atoms with E-state index in [0.717, 1.165) is 28.4 Å². The van der Waals surface area contributed by atoms with Crippen LogP contribution in [0.25, 0.3) is 5.69 Å². The average Bonchev–Trinajstić information content (AvgIpc) is 2.95. The van der Waals surface area contributed by atoms with Crippen molar-refractivity contribution < 1.29 is 4.79 Å². The fraction of sp³-hybridized carbons (Fsp3) is 0.333. The smallest absolute Gasteiger partial charge is 0.233 e. The Morgan fingerprint density at radius 1 is 1.29 bits per heavy atom. The molecule has 0 radical (unpaired) electrons. The number of nitrogens with zero attached hydrogens (tertiary/aromatic N) is 3. The van der Waals surface area contributed by atoms with Gasteiger partial charge in [-0.05, 0) is 38.1 Å². The van der Waals surface area contributed by atoms with Crippen molar-refractivity contribution in [1.29, 1.82) is 0 Å². The maximum absolute atomic E-state index is 12.1. The summed E-state index contributed by atoms with van der Waals surface area (Å²) in [7, 11) is 0. The molecule has 0 atom stereocenters. The lowest BCUT2D eigenvalue weighted by Gasteiger charge is -2.18. The number of amides is 1. The van der Waals surface area contributed by atoms with Gasteiger partial charge in [-0.25, -0.2) is 4.98 Å². The predicted octanol–water partition coefficient (Wildman–Crippen LogP) is 3.60. The van der Waals surface area contributed by atoms with E-state index >= 15 is 0 Å². The van der Waals surface area contributed by atoms with Crippen molar-refractivity contribution in [2.24, 2.45) is 0 Å². The van der Waals surface area contributed by atoms with Gasteiger partial charge in [0.2, 0.25) is 5.91 Å². The largest absolute Gasteiger partial charge is 0.343 e. The van der Waals surface area contributed by atoms with Gasteiger partial charge in [0.25, 0.3) is 0 Å². The Kier molecular flexibility index (Phi) is 5.87. The number of hydrogen-bond acceptors (Lipinski definition) is 3. The standard InChI is InChI=1S/C15H18BrN3OS/c1-3-18(4-2)14(20)11-21-15-17-9-10-19(15)13-7-5-12(16)6-8-13/h5-10H,3-4,11H2,1-2H3. The first-order valence-corrected chi connectivity index (χ1v) is 8.63. The Labute approximate surface area is 137 Å². The highest BCUT2D eigenvalue weighted by Gasteiger charge is 2.12. The van der Waals surface area contributed by atoms with E-state index in [4.69, 9.17) is 0 Å². The molecule has 21 heavy (non-hydrogen) atoms. The Morgan fingerprint density at radius 2 is 1.95 bits per heavy atom. The molecule has 0 saturated heterocycles. The second-order valence-electron chi connectivity index (χ2n) is 4.41. The van der Waals surface area contributed by atoms with Gasteiger partial charge in [-0.1, -0.05) is 27.7 Å². The number of carbonyl (C=O) groups is 1. The third-order valence-electron chi connectivity index (χ3n) is 3.15. The number of aromatic nitrogens is 2. The number of hydrogen-bond donors (Lipinski definition) is 0. The van der Waals surface area contributed by atoms with Crippen LogP contribution < -0.4 is 0 Å². The lowest BCUT2D eigenvalue weighted by molar-refractivity contribution is -0.127. The number of thioether (sulfide) groups is 1. The van der Waals surface area contributed by atoms with Crippen LogP contribution in [0.2, 0.25) is 0 Å². The fourth-order valence-electron chi connectivity index (χ4n) is 1.99. The van der Waals surface area contributed by atoms with E-state index in [9.17, 15) is 4.79 Å². The van der Waals surface area contributed by atoms with Crippen LogP contribution in [-0.4, -0.2) is 39.2 Å². The lowest BCUT2D eigenvalue weighted by Crippen LogP contribution is -2.31. The summed E-state index contributed by atoms with van der Waals surface area (Å²) in [6, 6.07) is 8.01. The minimum atomic E-state index is 0.148. The molecule has 0 aliphatic heterocycles. The van der Waals surface area contributed by atoms with Crippen molar-refractivity contribution in [1.82, 2.24) is 14.5 Å². The first-order chi connectivity index (χ1) is 10.2. The van der Waals surface area contributed by atoms with Crippen LogP contribution in [0.15, 0.2) is 46.3 Å². The van der Waals surface area contributed by atoms with E-state index in [1.165, 1.54) is 11.8 Å². The molecule has 1 aromatic heterocycles. The summed E-state index contributed by atoms with van der Waals surface area (Å²) in [5.74, 6) is 0.560. The van der Waals surface area contributed by atoms with E-state index in [1.54, 1.807) is 6.20 Å². The number of benzene rings is 1. The normalized spacial score (nSPS) is 10.6. The molecule has 0 aliphatic carbocycles. The molecule has 0 fully saturated rings. The summed E-state index contributed by atoms with van der Waals surface area (Å²) in [5.41, 5.74) is 1.04. The van der Waals surface area contributed by atoms with Crippen LogP contribution in [0, 0.1) is 0 Å². The quantitative estimate of drug-likeness (QED) is 0.732. The van der Waals surface area contributed by atoms with Crippen molar-refractivity contribution in [3.05, 3.63) is 41.1 Å².